The number of carbonyl (C=O) groups excluding carboxylic acids is 1. The number of hydrogen-bond acceptors (Lipinski definition) is 3. The Kier molecular flexibility index (Phi) is 7.70. The van der Waals surface area contributed by atoms with Crippen LogP contribution in [0.25, 0.3) is 0 Å². The number of halogens is 3. The summed E-state index contributed by atoms with van der Waals surface area (Å²) in [5.74, 6) is 0.530. The number of amides is 1. The second-order valence-corrected chi connectivity index (χ2v) is 9.48. The smallest absolute Gasteiger partial charge is 0.255 e. The molecule has 1 amide bonds. The molecule has 0 saturated carbocycles. The zero-order chi connectivity index (χ0) is 25.1. The predicted octanol–water partition coefficient (Wildman–Crippen LogP) is 7.65. The fourth-order valence-corrected chi connectivity index (χ4v) is 4.31. The van der Waals surface area contributed by atoms with Gasteiger partial charge < -0.3 is 10.1 Å². The van der Waals surface area contributed by atoms with Gasteiger partial charge >= 0.3 is 0 Å². The largest absolute Gasteiger partial charge is 0.489 e. The molecule has 0 bridgehead atoms. The van der Waals surface area contributed by atoms with E-state index in [4.69, 9.17) is 39.5 Å². The van der Waals surface area contributed by atoms with Gasteiger partial charge in [0.15, 0.2) is 0 Å². The van der Waals surface area contributed by atoms with Gasteiger partial charge in [0, 0.05) is 26.2 Å². The summed E-state index contributed by atoms with van der Waals surface area (Å²) in [5.41, 5.74) is 5.43. The minimum absolute atomic E-state index is 0.215. The van der Waals surface area contributed by atoms with E-state index >= 15 is 0 Å². The van der Waals surface area contributed by atoms with Crippen LogP contribution < -0.4 is 10.1 Å². The quantitative estimate of drug-likeness (QED) is 0.268. The molecule has 4 aromatic rings. The molecule has 0 aliphatic rings. The second kappa shape index (κ2) is 10.7. The normalized spacial score (nSPS) is 10.9. The third kappa shape index (κ3) is 5.81. The van der Waals surface area contributed by atoms with Crippen LogP contribution in [-0.4, -0.2) is 15.7 Å². The number of nitrogens with zero attached hydrogens (tertiary/aromatic N) is 2. The number of benzene rings is 3. The number of aromatic nitrogens is 2. The van der Waals surface area contributed by atoms with E-state index in [0.29, 0.717) is 45.2 Å². The average molecular weight is 529 g/mol. The molecule has 1 N–H and O–H groups in total. The van der Waals surface area contributed by atoms with Crippen LogP contribution in [0, 0.1) is 20.8 Å². The topological polar surface area (TPSA) is 56.1 Å². The van der Waals surface area contributed by atoms with Crippen LogP contribution in [0.5, 0.6) is 5.75 Å². The maximum absolute atomic E-state index is 12.9. The lowest BCUT2D eigenvalue weighted by molar-refractivity contribution is 0.102. The van der Waals surface area contributed by atoms with Gasteiger partial charge in [-0.05, 0) is 74.4 Å². The Hall–Kier alpha value is -2.99. The fourth-order valence-electron chi connectivity index (χ4n) is 3.68. The summed E-state index contributed by atoms with van der Waals surface area (Å²) < 4.78 is 7.62. The van der Waals surface area contributed by atoms with Crippen LogP contribution in [-0.2, 0) is 13.2 Å². The van der Waals surface area contributed by atoms with E-state index < -0.39 is 0 Å². The molecule has 0 aliphatic carbocycles. The van der Waals surface area contributed by atoms with E-state index in [1.165, 1.54) is 0 Å². The Balaban J connectivity index is 1.42. The standard InChI is InChI=1S/C27H24Cl3N3O2/c1-16-13-21(11-12-23(16)28)35-15-19-7-9-20(10-8-19)27(34)31-26-17(2)32-33(18(26)3)14-22-24(29)5-4-6-25(22)30/h4-13H,14-15H2,1-3H3,(H,31,34). The van der Waals surface area contributed by atoms with E-state index in [1.54, 1.807) is 35.0 Å². The van der Waals surface area contributed by atoms with Crippen LogP contribution >= 0.6 is 34.8 Å². The monoisotopic (exact) mass is 527 g/mol. The third-order valence-corrected chi connectivity index (χ3v) is 6.87. The minimum atomic E-state index is -0.215. The average Bonchev–Trinajstić information content (AvgIpc) is 3.10. The van der Waals surface area contributed by atoms with Crippen molar-refractivity contribution in [3.8, 4) is 5.75 Å². The highest BCUT2D eigenvalue weighted by molar-refractivity contribution is 6.36. The zero-order valence-electron chi connectivity index (χ0n) is 19.5. The molecule has 0 spiro atoms. The lowest BCUT2D eigenvalue weighted by atomic mass is 10.1. The van der Waals surface area contributed by atoms with Crippen molar-refractivity contribution in [2.75, 3.05) is 5.32 Å². The molecule has 5 nitrogen and oxygen atoms in total. The van der Waals surface area contributed by atoms with E-state index in [0.717, 1.165) is 28.1 Å². The van der Waals surface area contributed by atoms with Gasteiger partial charge in [-0.2, -0.15) is 5.10 Å². The highest BCUT2D eigenvalue weighted by Gasteiger charge is 2.17. The molecule has 0 atom stereocenters. The molecule has 0 aliphatic heterocycles. The molecular weight excluding hydrogens is 505 g/mol. The molecular formula is C27H24Cl3N3O2. The number of hydrogen-bond donors (Lipinski definition) is 1. The number of aryl methyl sites for hydroxylation is 2. The Morgan fingerprint density at radius 3 is 2.29 bits per heavy atom. The molecule has 0 unspecified atom stereocenters. The van der Waals surface area contributed by atoms with Crippen molar-refractivity contribution in [2.45, 2.75) is 33.9 Å². The van der Waals surface area contributed by atoms with Gasteiger partial charge in [0.2, 0.25) is 0 Å². The molecule has 35 heavy (non-hydrogen) atoms. The number of rotatable bonds is 7. The number of ether oxygens (including phenoxy) is 1. The van der Waals surface area contributed by atoms with Crippen LogP contribution in [0.1, 0.15) is 38.4 Å². The van der Waals surface area contributed by atoms with E-state index in [1.807, 2.05) is 51.1 Å². The fraction of sp³-hybridized carbons (Fsp3) is 0.185. The Morgan fingerprint density at radius 2 is 1.63 bits per heavy atom. The lowest BCUT2D eigenvalue weighted by Crippen LogP contribution is -2.13. The molecule has 0 fully saturated rings. The lowest BCUT2D eigenvalue weighted by Gasteiger charge is -2.10. The van der Waals surface area contributed by atoms with Gasteiger partial charge in [0.05, 0.1) is 23.6 Å². The highest BCUT2D eigenvalue weighted by Crippen LogP contribution is 2.28. The first kappa shape index (κ1) is 25.1. The Labute approximate surface area is 219 Å². The van der Waals surface area contributed by atoms with E-state index in [2.05, 4.69) is 10.4 Å². The number of carbonyl (C=O) groups is 1. The third-order valence-electron chi connectivity index (χ3n) is 5.74. The second-order valence-electron chi connectivity index (χ2n) is 8.25. The SMILES string of the molecule is Cc1cc(OCc2ccc(C(=O)Nc3c(C)nn(Cc4c(Cl)cccc4Cl)c3C)cc2)ccc1Cl. The summed E-state index contributed by atoms with van der Waals surface area (Å²) in [7, 11) is 0. The van der Waals surface area contributed by atoms with Gasteiger partial charge in [0.25, 0.3) is 5.91 Å². The Morgan fingerprint density at radius 1 is 0.943 bits per heavy atom. The summed E-state index contributed by atoms with van der Waals surface area (Å²) >= 11 is 18.7. The molecule has 1 aromatic heterocycles. The summed E-state index contributed by atoms with van der Waals surface area (Å²) in [6, 6.07) is 18.2. The Bertz CT molecular complexity index is 1360. The molecule has 0 radical (unpaired) electrons. The summed E-state index contributed by atoms with van der Waals surface area (Å²) in [6.45, 7) is 6.48. The van der Waals surface area contributed by atoms with Crippen LogP contribution in [0.15, 0.2) is 60.7 Å². The van der Waals surface area contributed by atoms with Crippen LogP contribution in [0.2, 0.25) is 15.1 Å². The summed E-state index contributed by atoms with van der Waals surface area (Å²) in [6.07, 6.45) is 0. The van der Waals surface area contributed by atoms with Gasteiger partial charge in [-0.15, -0.1) is 0 Å². The van der Waals surface area contributed by atoms with Crippen molar-refractivity contribution in [3.63, 3.8) is 0 Å². The predicted molar refractivity (Wildman–Crippen MR) is 142 cm³/mol. The van der Waals surface area contributed by atoms with Crippen molar-refractivity contribution in [2.24, 2.45) is 0 Å². The molecule has 8 heteroatoms. The van der Waals surface area contributed by atoms with Gasteiger partial charge in [0.1, 0.15) is 12.4 Å². The van der Waals surface area contributed by atoms with Crippen molar-refractivity contribution >= 4 is 46.4 Å². The molecule has 4 rings (SSSR count). The van der Waals surface area contributed by atoms with Crippen molar-refractivity contribution in [1.82, 2.24) is 9.78 Å². The first-order valence-electron chi connectivity index (χ1n) is 11.0. The summed E-state index contributed by atoms with van der Waals surface area (Å²) in [4.78, 5) is 12.9. The van der Waals surface area contributed by atoms with E-state index in [9.17, 15) is 4.79 Å². The molecule has 1 heterocycles. The van der Waals surface area contributed by atoms with E-state index in [-0.39, 0.29) is 5.91 Å². The first-order valence-corrected chi connectivity index (χ1v) is 12.1. The van der Waals surface area contributed by atoms with Gasteiger partial charge in [-0.3, -0.25) is 9.48 Å². The van der Waals surface area contributed by atoms with Crippen molar-refractivity contribution in [3.05, 3.63) is 109 Å². The van der Waals surface area contributed by atoms with Gasteiger partial charge in [-0.25, -0.2) is 0 Å². The number of nitrogens with one attached hydrogen (secondary N) is 1. The molecule has 3 aromatic carbocycles. The van der Waals surface area contributed by atoms with Crippen molar-refractivity contribution in [1.29, 1.82) is 0 Å². The van der Waals surface area contributed by atoms with Crippen molar-refractivity contribution < 1.29 is 9.53 Å². The van der Waals surface area contributed by atoms with Crippen LogP contribution in [0.3, 0.4) is 0 Å². The highest BCUT2D eigenvalue weighted by atomic mass is 35.5. The minimum Gasteiger partial charge on any atom is -0.489 e. The first-order chi connectivity index (χ1) is 16.7. The maximum atomic E-state index is 12.9. The van der Waals surface area contributed by atoms with Gasteiger partial charge in [-0.1, -0.05) is 53.0 Å². The maximum Gasteiger partial charge on any atom is 0.255 e. The number of anilines is 1. The van der Waals surface area contributed by atoms with Crippen LogP contribution in [0.4, 0.5) is 5.69 Å². The summed E-state index contributed by atoms with van der Waals surface area (Å²) in [5, 5.41) is 9.41. The zero-order valence-corrected chi connectivity index (χ0v) is 21.8. The molecule has 180 valence electrons. The molecule has 0 saturated heterocycles.